The highest BCUT2D eigenvalue weighted by Gasteiger charge is 2.23. The van der Waals surface area contributed by atoms with Gasteiger partial charge in [0.25, 0.3) is 0 Å². The van der Waals surface area contributed by atoms with E-state index in [1.807, 2.05) is 11.3 Å². The molecule has 2 heterocycles. The molecule has 0 saturated carbocycles. The fourth-order valence-corrected chi connectivity index (χ4v) is 4.29. The number of nitrogens with zero attached hydrogens (tertiary/aromatic N) is 1. The molecule has 3 rings (SSSR count). The minimum atomic E-state index is 0.295. The molecule has 4 heteroatoms. The molecule has 2 unspecified atom stereocenters. The Kier molecular flexibility index (Phi) is 4.91. The van der Waals surface area contributed by atoms with Crippen molar-refractivity contribution < 1.29 is 4.74 Å². The van der Waals surface area contributed by atoms with E-state index in [1.54, 1.807) is 0 Å². The largest absolute Gasteiger partial charge is 0.381 e. The molecule has 0 spiro atoms. The van der Waals surface area contributed by atoms with Crippen LogP contribution in [-0.2, 0) is 4.74 Å². The Morgan fingerprint density at radius 2 is 2.29 bits per heavy atom. The summed E-state index contributed by atoms with van der Waals surface area (Å²) >= 11 is 1.81. The smallest absolute Gasteiger partial charge is 0.0506 e. The molecule has 114 valence electrons. The van der Waals surface area contributed by atoms with Gasteiger partial charge >= 0.3 is 0 Å². The Balaban J connectivity index is 1.77. The van der Waals surface area contributed by atoms with Crippen molar-refractivity contribution in [2.45, 2.75) is 18.9 Å². The van der Waals surface area contributed by atoms with Crippen LogP contribution in [-0.4, -0.2) is 38.3 Å². The summed E-state index contributed by atoms with van der Waals surface area (Å²) in [4.78, 5) is 2.41. The number of rotatable bonds is 5. The molecule has 0 aliphatic carbocycles. The molecule has 0 bridgehead atoms. The number of hydrogen-bond donors (Lipinski definition) is 1. The summed E-state index contributed by atoms with van der Waals surface area (Å²) in [5, 5.41) is 3.63. The van der Waals surface area contributed by atoms with Gasteiger partial charge in [-0.1, -0.05) is 18.2 Å². The highest BCUT2D eigenvalue weighted by atomic mass is 32.1. The minimum Gasteiger partial charge on any atom is -0.381 e. The van der Waals surface area contributed by atoms with Crippen molar-refractivity contribution >= 4 is 21.4 Å². The topological polar surface area (TPSA) is 38.5 Å². The summed E-state index contributed by atoms with van der Waals surface area (Å²) in [6.45, 7) is 3.54. The summed E-state index contributed by atoms with van der Waals surface area (Å²) in [7, 11) is 2.19. The molecule has 1 aromatic carbocycles. The summed E-state index contributed by atoms with van der Waals surface area (Å²) in [6, 6.07) is 8.90. The van der Waals surface area contributed by atoms with E-state index in [0.717, 1.165) is 19.8 Å². The number of nitrogens with two attached hydrogens (primary N) is 1. The van der Waals surface area contributed by atoms with E-state index in [0.29, 0.717) is 18.5 Å². The average molecular weight is 304 g/mol. The molecular weight excluding hydrogens is 280 g/mol. The van der Waals surface area contributed by atoms with Crippen molar-refractivity contribution in [1.29, 1.82) is 0 Å². The molecule has 3 nitrogen and oxygen atoms in total. The molecule has 1 saturated heterocycles. The number of thiophene rings is 1. The lowest BCUT2D eigenvalue weighted by molar-refractivity contribution is 0.0366. The summed E-state index contributed by atoms with van der Waals surface area (Å²) < 4.78 is 6.95. The molecule has 0 radical (unpaired) electrons. The van der Waals surface area contributed by atoms with E-state index in [-0.39, 0.29) is 0 Å². The van der Waals surface area contributed by atoms with Crippen molar-refractivity contribution in [1.82, 2.24) is 4.90 Å². The fourth-order valence-electron chi connectivity index (χ4n) is 3.29. The van der Waals surface area contributed by atoms with Crippen molar-refractivity contribution in [2.24, 2.45) is 11.7 Å². The molecule has 1 aliphatic rings. The van der Waals surface area contributed by atoms with Gasteiger partial charge in [0.2, 0.25) is 0 Å². The first kappa shape index (κ1) is 15.0. The van der Waals surface area contributed by atoms with E-state index in [1.165, 1.54) is 28.5 Å². The van der Waals surface area contributed by atoms with Gasteiger partial charge in [0.05, 0.1) is 6.61 Å². The molecule has 2 N–H and O–H groups in total. The maximum atomic E-state index is 6.09. The number of benzene rings is 1. The predicted octanol–water partition coefficient (Wildman–Crippen LogP) is 3.26. The lowest BCUT2D eigenvalue weighted by Crippen LogP contribution is -2.36. The zero-order valence-corrected chi connectivity index (χ0v) is 13.4. The zero-order valence-electron chi connectivity index (χ0n) is 12.6. The van der Waals surface area contributed by atoms with Crippen molar-refractivity contribution in [3.05, 3.63) is 35.2 Å². The highest BCUT2D eigenvalue weighted by molar-refractivity contribution is 7.17. The van der Waals surface area contributed by atoms with Crippen LogP contribution in [0.5, 0.6) is 0 Å². The van der Waals surface area contributed by atoms with Gasteiger partial charge in [0, 0.05) is 30.4 Å². The molecule has 21 heavy (non-hydrogen) atoms. The van der Waals surface area contributed by atoms with Gasteiger partial charge in [0.1, 0.15) is 0 Å². The van der Waals surface area contributed by atoms with E-state index in [9.17, 15) is 0 Å². The SMILES string of the molecule is CN(CC1CCCOC1)C(CN)c1csc2ccccc12. The van der Waals surface area contributed by atoms with Gasteiger partial charge < -0.3 is 10.5 Å². The van der Waals surface area contributed by atoms with Crippen molar-refractivity contribution in [2.75, 3.05) is 33.4 Å². The third kappa shape index (κ3) is 3.29. The van der Waals surface area contributed by atoms with Crippen LogP contribution in [0.15, 0.2) is 29.6 Å². The van der Waals surface area contributed by atoms with Gasteiger partial charge in [-0.3, -0.25) is 4.90 Å². The fraction of sp³-hybridized carbons (Fsp3) is 0.529. The summed E-state index contributed by atoms with van der Waals surface area (Å²) in [6.07, 6.45) is 2.46. The van der Waals surface area contributed by atoms with Crippen molar-refractivity contribution in [3.8, 4) is 0 Å². The Labute approximate surface area is 130 Å². The quantitative estimate of drug-likeness (QED) is 0.921. The molecule has 1 aromatic heterocycles. The number of likely N-dealkylation sites (N-methyl/N-ethyl adjacent to an activating group) is 1. The lowest BCUT2D eigenvalue weighted by atomic mass is 9.99. The van der Waals surface area contributed by atoms with Gasteiger partial charge in [-0.15, -0.1) is 11.3 Å². The maximum absolute atomic E-state index is 6.09. The summed E-state index contributed by atoms with van der Waals surface area (Å²) in [5.74, 6) is 0.641. The van der Waals surface area contributed by atoms with Crippen LogP contribution in [0, 0.1) is 5.92 Å². The van der Waals surface area contributed by atoms with Crippen LogP contribution >= 0.6 is 11.3 Å². The van der Waals surface area contributed by atoms with Crippen molar-refractivity contribution in [3.63, 3.8) is 0 Å². The third-order valence-corrected chi connectivity index (χ3v) is 5.41. The number of fused-ring (bicyclic) bond motifs is 1. The third-order valence-electron chi connectivity index (χ3n) is 4.43. The van der Waals surface area contributed by atoms with Gasteiger partial charge in [-0.25, -0.2) is 0 Å². The lowest BCUT2D eigenvalue weighted by Gasteiger charge is -2.32. The van der Waals surface area contributed by atoms with Crippen LogP contribution < -0.4 is 5.73 Å². The zero-order chi connectivity index (χ0) is 14.7. The second-order valence-corrected chi connectivity index (χ2v) is 6.87. The van der Waals surface area contributed by atoms with E-state index < -0.39 is 0 Å². The molecular formula is C17H24N2OS. The Morgan fingerprint density at radius 1 is 1.43 bits per heavy atom. The standard InChI is InChI=1S/C17H24N2OS/c1-19(10-13-5-4-8-20-11-13)16(9-18)15-12-21-17-7-3-2-6-14(15)17/h2-3,6-7,12-13,16H,4-5,8-11,18H2,1H3. The molecule has 2 aromatic rings. The monoisotopic (exact) mass is 304 g/mol. The Hall–Kier alpha value is -0.940. The highest BCUT2D eigenvalue weighted by Crippen LogP contribution is 2.32. The second kappa shape index (κ2) is 6.88. The van der Waals surface area contributed by atoms with Crippen LogP contribution in [0.1, 0.15) is 24.4 Å². The predicted molar refractivity (Wildman–Crippen MR) is 89.8 cm³/mol. The van der Waals surface area contributed by atoms with Crippen LogP contribution in [0.3, 0.4) is 0 Å². The van der Waals surface area contributed by atoms with E-state index in [2.05, 4.69) is 41.6 Å². The first-order chi connectivity index (χ1) is 10.3. The van der Waals surface area contributed by atoms with E-state index in [4.69, 9.17) is 10.5 Å². The Bertz CT molecular complexity index is 577. The first-order valence-electron chi connectivity index (χ1n) is 7.73. The van der Waals surface area contributed by atoms with Gasteiger partial charge in [-0.05, 0) is 48.2 Å². The molecule has 1 fully saturated rings. The van der Waals surface area contributed by atoms with Gasteiger partial charge in [-0.2, -0.15) is 0 Å². The van der Waals surface area contributed by atoms with Gasteiger partial charge in [0.15, 0.2) is 0 Å². The average Bonchev–Trinajstić information content (AvgIpc) is 2.93. The van der Waals surface area contributed by atoms with Crippen LogP contribution in [0.4, 0.5) is 0 Å². The maximum Gasteiger partial charge on any atom is 0.0506 e. The molecule has 1 aliphatic heterocycles. The number of hydrogen-bond acceptors (Lipinski definition) is 4. The Morgan fingerprint density at radius 3 is 3.05 bits per heavy atom. The second-order valence-electron chi connectivity index (χ2n) is 5.96. The molecule has 2 atom stereocenters. The minimum absolute atomic E-state index is 0.295. The normalized spacial score (nSPS) is 21.0. The first-order valence-corrected chi connectivity index (χ1v) is 8.61. The van der Waals surface area contributed by atoms with Crippen LogP contribution in [0.2, 0.25) is 0 Å². The van der Waals surface area contributed by atoms with E-state index >= 15 is 0 Å². The van der Waals surface area contributed by atoms with Crippen LogP contribution in [0.25, 0.3) is 10.1 Å². The summed E-state index contributed by atoms with van der Waals surface area (Å²) in [5.41, 5.74) is 7.47. The molecule has 0 amide bonds. The number of ether oxygens (including phenoxy) is 1.